The second-order valence-electron chi connectivity index (χ2n) is 7.98. The van der Waals surface area contributed by atoms with Crippen molar-refractivity contribution in [1.29, 1.82) is 0 Å². The van der Waals surface area contributed by atoms with Gasteiger partial charge in [-0.25, -0.2) is 0 Å². The van der Waals surface area contributed by atoms with E-state index in [2.05, 4.69) is 66.3 Å². The first-order chi connectivity index (χ1) is 16.2. The summed E-state index contributed by atoms with van der Waals surface area (Å²) in [6.45, 7) is 3.57. The molecule has 1 aliphatic heterocycles. The molecular weight excluding hydrogens is 501 g/mol. The molecule has 0 amide bonds. The molecule has 0 radical (unpaired) electrons. The van der Waals surface area contributed by atoms with Crippen LogP contribution in [0.4, 0.5) is 0 Å². The van der Waals surface area contributed by atoms with Gasteiger partial charge in [0.2, 0.25) is 0 Å². The molecule has 170 valence electrons. The lowest BCUT2D eigenvalue weighted by Gasteiger charge is -2.09. The normalized spacial score (nSPS) is 15.8. The number of allylic oxidation sites excluding steroid dienone is 2. The molecule has 5 rings (SSSR count). The molecule has 4 N–H and O–H groups in total. The first-order valence-corrected chi connectivity index (χ1v) is 15.2. The third-order valence-corrected chi connectivity index (χ3v) is 11.4. The fourth-order valence-electron chi connectivity index (χ4n) is 3.91. The Balaban J connectivity index is 1.51. The Labute approximate surface area is 215 Å². The van der Waals surface area contributed by atoms with Crippen molar-refractivity contribution in [3.05, 3.63) is 75.3 Å². The molecule has 0 aromatic carbocycles. The summed E-state index contributed by atoms with van der Waals surface area (Å²) in [5, 5.41) is 4.36. The van der Waals surface area contributed by atoms with Gasteiger partial charge in [0.15, 0.2) is 0 Å². The van der Waals surface area contributed by atoms with Crippen LogP contribution >= 0.6 is 57.1 Å². The van der Waals surface area contributed by atoms with Gasteiger partial charge in [-0.1, -0.05) is 36.9 Å². The van der Waals surface area contributed by atoms with Crippen molar-refractivity contribution in [3.63, 3.8) is 0 Å². The zero-order valence-corrected chi connectivity index (χ0v) is 22.5. The Morgan fingerprint density at radius 3 is 2.06 bits per heavy atom. The molecule has 4 aromatic heterocycles. The standard InChI is InChI=1S/C26H26N2S5/c1-16-8-12-30-22(13-16)24-15-18(7-10-28)26(33-24)21-5-4-20(31-21)25-17(6-9-27)14-23(32-25)19-3-2-11-29-19/h2-5,8,11-16H,6-7,9-10,27-28H2,1H3. The Morgan fingerprint density at radius 1 is 0.788 bits per heavy atom. The van der Waals surface area contributed by atoms with Crippen LogP contribution in [-0.4, -0.2) is 13.1 Å². The van der Waals surface area contributed by atoms with Crippen LogP contribution < -0.4 is 11.5 Å². The minimum atomic E-state index is 0.482. The molecule has 7 heteroatoms. The van der Waals surface area contributed by atoms with Gasteiger partial charge in [0.25, 0.3) is 0 Å². The van der Waals surface area contributed by atoms with Gasteiger partial charge in [-0.15, -0.1) is 45.3 Å². The summed E-state index contributed by atoms with van der Waals surface area (Å²) in [4.78, 5) is 10.8. The number of rotatable bonds is 8. The van der Waals surface area contributed by atoms with Gasteiger partial charge >= 0.3 is 0 Å². The predicted octanol–water partition coefficient (Wildman–Crippen LogP) is 8.17. The van der Waals surface area contributed by atoms with Crippen LogP contribution in [0.15, 0.2) is 59.3 Å². The maximum Gasteiger partial charge on any atom is 0.0482 e. The van der Waals surface area contributed by atoms with Crippen molar-refractivity contribution < 1.29 is 0 Å². The summed E-state index contributed by atoms with van der Waals surface area (Å²) >= 11 is 9.30. The van der Waals surface area contributed by atoms with Crippen molar-refractivity contribution in [3.8, 4) is 29.3 Å². The Bertz CT molecular complexity index is 1290. The topological polar surface area (TPSA) is 52.0 Å². The predicted molar refractivity (Wildman–Crippen MR) is 154 cm³/mol. The summed E-state index contributed by atoms with van der Waals surface area (Å²) < 4.78 is 0. The average molecular weight is 527 g/mol. The molecular formula is C26H26N2S5. The molecule has 0 saturated carbocycles. The highest BCUT2D eigenvalue weighted by Gasteiger charge is 2.19. The van der Waals surface area contributed by atoms with Crippen LogP contribution in [0.2, 0.25) is 0 Å². The van der Waals surface area contributed by atoms with E-state index in [1.807, 2.05) is 45.8 Å². The smallest absolute Gasteiger partial charge is 0.0482 e. The van der Waals surface area contributed by atoms with Crippen molar-refractivity contribution in [2.24, 2.45) is 17.4 Å². The van der Waals surface area contributed by atoms with Crippen LogP contribution in [0.25, 0.3) is 34.2 Å². The van der Waals surface area contributed by atoms with E-state index < -0.39 is 0 Å². The highest BCUT2D eigenvalue weighted by atomic mass is 32.2. The van der Waals surface area contributed by atoms with Crippen molar-refractivity contribution in [1.82, 2.24) is 0 Å². The number of thiophene rings is 4. The van der Waals surface area contributed by atoms with Crippen molar-refractivity contribution in [2.75, 3.05) is 13.1 Å². The molecule has 5 heterocycles. The largest absolute Gasteiger partial charge is 0.330 e. The van der Waals surface area contributed by atoms with Crippen LogP contribution in [0.1, 0.15) is 22.9 Å². The van der Waals surface area contributed by atoms with Gasteiger partial charge < -0.3 is 11.5 Å². The number of hydrogen-bond donors (Lipinski definition) is 2. The minimum absolute atomic E-state index is 0.482. The van der Waals surface area contributed by atoms with Gasteiger partial charge in [0.05, 0.1) is 0 Å². The van der Waals surface area contributed by atoms with Gasteiger partial charge in [0, 0.05) is 39.0 Å². The summed E-state index contributed by atoms with van der Waals surface area (Å²) in [5.74, 6) is 0.482. The van der Waals surface area contributed by atoms with Crippen LogP contribution in [0.3, 0.4) is 0 Å². The fraction of sp³-hybridized carbons (Fsp3) is 0.231. The van der Waals surface area contributed by atoms with E-state index >= 15 is 0 Å². The van der Waals surface area contributed by atoms with E-state index in [1.54, 1.807) is 11.3 Å². The molecule has 0 saturated heterocycles. The van der Waals surface area contributed by atoms with Gasteiger partial charge in [-0.2, -0.15) is 0 Å². The first-order valence-electron chi connectivity index (χ1n) is 11.0. The Morgan fingerprint density at radius 2 is 1.45 bits per heavy atom. The molecule has 0 bridgehead atoms. The van der Waals surface area contributed by atoms with Crippen LogP contribution in [-0.2, 0) is 12.8 Å². The third-order valence-electron chi connectivity index (χ3n) is 5.50. The highest BCUT2D eigenvalue weighted by Crippen LogP contribution is 2.47. The SMILES string of the molecule is CC1C=CSC(c2cc(CCN)c(-c3ccc(-c4sc(-c5cccs5)cc4CCN)s3)s2)=C1. The molecule has 1 unspecified atom stereocenters. The van der Waals surface area contributed by atoms with E-state index in [9.17, 15) is 0 Å². The summed E-state index contributed by atoms with van der Waals surface area (Å²) in [6.07, 6.45) is 6.42. The molecule has 33 heavy (non-hydrogen) atoms. The monoisotopic (exact) mass is 526 g/mol. The minimum Gasteiger partial charge on any atom is -0.330 e. The molecule has 0 fully saturated rings. The van der Waals surface area contributed by atoms with Crippen LogP contribution in [0, 0.1) is 5.92 Å². The highest BCUT2D eigenvalue weighted by molar-refractivity contribution is 8.11. The lowest BCUT2D eigenvalue weighted by molar-refractivity contribution is 0.945. The molecule has 0 aliphatic carbocycles. The molecule has 2 nitrogen and oxygen atoms in total. The van der Waals surface area contributed by atoms with Gasteiger partial charge in [-0.3, -0.25) is 0 Å². The first kappa shape index (κ1) is 23.3. The van der Waals surface area contributed by atoms with Crippen molar-refractivity contribution in [2.45, 2.75) is 19.8 Å². The Kier molecular flexibility index (Phi) is 7.37. The molecule has 4 aromatic rings. The Hall–Kier alpha value is -1.45. The summed E-state index contributed by atoms with van der Waals surface area (Å²) in [6, 6.07) is 13.6. The molecule has 1 aliphatic rings. The van der Waals surface area contributed by atoms with E-state index in [1.165, 1.54) is 50.2 Å². The zero-order chi connectivity index (χ0) is 22.8. The third kappa shape index (κ3) is 5.00. The number of hydrogen-bond acceptors (Lipinski definition) is 7. The number of thioether (sulfide) groups is 1. The zero-order valence-electron chi connectivity index (χ0n) is 18.4. The van der Waals surface area contributed by atoms with Crippen molar-refractivity contribution >= 4 is 62.0 Å². The lowest BCUT2D eigenvalue weighted by atomic mass is 10.1. The molecule has 1 atom stereocenters. The van der Waals surface area contributed by atoms with Gasteiger partial charge in [0.1, 0.15) is 0 Å². The average Bonchev–Trinajstić information content (AvgIpc) is 3.59. The second-order valence-corrected chi connectivity index (χ2v) is 13.1. The van der Waals surface area contributed by atoms with E-state index in [0.717, 1.165) is 12.8 Å². The van der Waals surface area contributed by atoms with E-state index in [4.69, 9.17) is 11.5 Å². The van der Waals surface area contributed by atoms with E-state index in [0.29, 0.717) is 19.0 Å². The quantitative estimate of drug-likeness (QED) is 0.243. The van der Waals surface area contributed by atoms with E-state index in [-0.39, 0.29) is 0 Å². The van der Waals surface area contributed by atoms with Gasteiger partial charge in [-0.05, 0) is 84.1 Å². The summed E-state index contributed by atoms with van der Waals surface area (Å²) in [7, 11) is 0. The second kappa shape index (κ2) is 10.4. The molecule has 0 spiro atoms. The fourth-order valence-corrected chi connectivity index (χ4v) is 9.58. The maximum atomic E-state index is 5.98. The summed E-state index contributed by atoms with van der Waals surface area (Å²) in [5.41, 5.74) is 14.7. The van der Waals surface area contributed by atoms with Crippen LogP contribution in [0.5, 0.6) is 0 Å². The lowest BCUT2D eigenvalue weighted by Crippen LogP contribution is -2.02. The number of nitrogens with two attached hydrogens (primary N) is 2. The maximum absolute atomic E-state index is 5.98.